The van der Waals surface area contributed by atoms with Gasteiger partial charge in [0.15, 0.2) is 5.13 Å². The maximum atomic E-state index is 4.43. The highest BCUT2D eigenvalue weighted by Gasteiger charge is 2.21. The average molecular weight is 338 g/mol. The van der Waals surface area contributed by atoms with E-state index in [4.69, 9.17) is 0 Å². The van der Waals surface area contributed by atoms with Crippen molar-refractivity contribution in [2.45, 2.75) is 25.4 Å². The number of para-hydroxylation sites is 1. The molecule has 0 bridgehead atoms. The van der Waals surface area contributed by atoms with Crippen LogP contribution in [-0.2, 0) is 6.54 Å². The molecular weight excluding hydrogens is 316 g/mol. The van der Waals surface area contributed by atoms with Crippen molar-refractivity contribution in [2.75, 3.05) is 18.4 Å². The standard InChI is InChI=1S/C19H22N4S/c1-2-6-16(7-3-1)21-17-8-4-11-22(14-17)15-18-9-5-12-23(18)19-20-10-13-24-19/h1-3,5-7,9-10,12-13,17,21H,4,8,11,14-15H2/t17-/m0/s1. The third kappa shape index (κ3) is 3.52. The minimum Gasteiger partial charge on any atom is -0.381 e. The van der Waals surface area contributed by atoms with Crippen LogP contribution < -0.4 is 5.32 Å². The van der Waals surface area contributed by atoms with E-state index in [1.807, 2.05) is 11.6 Å². The molecule has 1 aliphatic heterocycles. The fourth-order valence-corrected chi connectivity index (χ4v) is 4.04. The van der Waals surface area contributed by atoms with Crippen molar-refractivity contribution in [3.8, 4) is 5.13 Å². The number of nitrogens with zero attached hydrogens (tertiary/aromatic N) is 3. The molecule has 24 heavy (non-hydrogen) atoms. The van der Waals surface area contributed by atoms with Crippen LogP contribution >= 0.6 is 11.3 Å². The lowest BCUT2D eigenvalue weighted by Crippen LogP contribution is -2.41. The topological polar surface area (TPSA) is 33.1 Å². The van der Waals surface area contributed by atoms with E-state index >= 15 is 0 Å². The molecule has 3 aromatic rings. The van der Waals surface area contributed by atoms with Crippen LogP contribution in [0.2, 0.25) is 0 Å². The molecule has 2 aromatic heterocycles. The zero-order valence-corrected chi connectivity index (χ0v) is 14.5. The van der Waals surface area contributed by atoms with Crippen LogP contribution in [0.4, 0.5) is 5.69 Å². The smallest absolute Gasteiger partial charge is 0.193 e. The SMILES string of the molecule is c1ccc(N[C@H]2CCCN(Cc3cccn3-c3nccs3)C2)cc1. The highest BCUT2D eigenvalue weighted by atomic mass is 32.1. The summed E-state index contributed by atoms with van der Waals surface area (Å²) in [6, 6.07) is 15.4. The first-order valence-electron chi connectivity index (χ1n) is 8.48. The Morgan fingerprint density at radius 3 is 2.92 bits per heavy atom. The summed E-state index contributed by atoms with van der Waals surface area (Å²) in [5.74, 6) is 0. The van der Waals surface area contributed by atoms with E-state index in [0.29, 0.717) is 6.04 Å². The molecule has 4 rings (SSSR count). The Hall–Kier alpha value is -2.11. The van der Waals surface area contributed by atoms with Crippen LogP contribution in [-0.4, -0.2) is 33.6 Å². The van der Waals surface area contributed by atoms with Crippen molar-refractivity contribution in [1.29, 1.82) is 0 Å². The van der Waals surface area contributed by atoms with E-state index in [-0.39, 0.29) is 0 Å². The lowest BCUT2D eigenvalue weighted by atomic mass is 10.0. The molecule has 1 fully saturated rings. The van der Waals surface area contributed by atoms with Gasteiger partial charge >= 0.3 is 0 Å². The van der Waals surface area contributed by atoms with E-state index in [9.17, 15) is 0 Å². The summed E-state index contributed by atoms with van der Waals surface area (Å²) in [6.07, 6.45) is 6.45. The Kier molecular flexibility index (Phi) is 4.62. The average Bonchev–Trinajstić information content (AvgIpc) is 3.27. The second-order valence-electron chi connectivity index (χ2n) is 6.27. The molecule has 0 amide bonds. The van der Waals surface area contributed by atoms with E-state index in [1.54, 1.807) is 11.3 Å². The predicted octanol–water partition coefficient (Wildman–Crippen LogP) is 4.01. The summed E-state index contributed by atoms with van der Waals surface area (Å²) in [5.41, 5.74) is 2.53. The highest BCUT2D eigenvalue weighted by Crippen LogP contribution is 2.20. The van der Waals surface area contributed by atoms with Crippen molar-refractivity contribution < 1.29 is 0 Å². The van der Waals surface area contributed by atoms with E-state index in [0.717, 1.165) is 24.8 Å². The summed E-state index contributed by atoms with van der Waals surface area (Å²) in [7, 11) is 0. The lowest BCUT2D eigenvalue weighted by molar-refractivity contribution is 0.205. The minimum atomic E-state index is 0.518. The van der Waals surface area contributed by atoms with Gasteiger partial charge in [0.05, 0.1) is 0 Å². The van der Waals surface area contributed by atoms with Crippen molar-refractivity contribution >= 4 is 17.0 Å². The number of hydrogen-bond acceptors (Lipinski definition) is 4. The lowest BCUT2D eigenvalue weighted by Gasteiger charge is -2.33. The van der Waals surface area contributed by atoms with Gasteiger partial charge in [0, 0.05) is 48.3 Å². The molecule has 124 valence electrons. The second kappa shape index (κ2) is 7.20. The number of piperidine rings is 1. The fourth-order valence-electron chi connectivity index (χ4n) is 3.38. The van der Waals surface area contributed by atoms with Gasteiger partial charge in [0.25, 0.3) is 0 Å². The van der Waals surface area contributed by atoms with Gasteiger partial charge in [-0.2, -0.15) is 0 Å². The number of anilines is 1. The van der Waals surface area contributed by atoms with Gasteiger partial charge in [-0.1, -0.05) is 18.2 Å². The van der Waals surface area contributed by atoms with Crippen molar-refractivity contribution in [3.63, 3.8) is 0 Å². The molecule has 5 heteroatoms. The van der Waals surface area contributed by atoms with Gasteiger partial charge in [-0.25, -0.2) is 4.98 Å². The summed E-state index contributed by atoms with van der Waals surface area (Å²) in [5, 5.41) is 6.75. The molecule has 3 heterocycles. The summed E-state index contributed by atoms with van der Waals surface area (Å²) >= 11 is 1.68. The first-order valence-corrected chi connectivity index (χ1v) is 9.36. The van der Waals surface area contributed by atoms with Crippen LogP contribution in [0.5, 0.6) is 0 Å². The maximum absolute atomic E-state index is 4.43. The number of likely N-dealkylation sites (tertiary alicyclic amines) is 1. The van der Waals surface area contributed by atoms with Crippen molar-refractivity contribution in [1.82, 2.24) is 14.5 Å². The zero-order chi connectivity index (χ0) is 16.2. The van der Waals surface area contributed by atoms with Crippen LogP contribution in [0.1, 0.15) is 18.5 Å². The first-order chi connectivity index (χ1) is 11.9. The summed E-state index contributed by atoms with van der Waals surface area (Å²) in [4.78, 5) is 6.98. The molecular formula is C19H22N4S. The molecule has 0 saturated carbocycles. The van der Waals surface area contributed by atoms with Crippen molar-refractivity contribution in [2.24, 2.45) is 0 Å². The normalized spacial score (nSPS) is 18.6. The quantitative estimate of drug-likeness (QED) is 0.763. The largest absolute Gasteiger partial charge is 0.381 e. The first kappa shape index (κ1) is 15.4. The molecule has 0 aliphatic carbocycles. The molecule has 1 aliphatic rings. The monoisotopic (exact) mass is 338 g/mol. The highest BCUT2D eigenvalue weighted by molar-refractivity contribution is 7.12. The number of benzene rings is 1. The van der Waals surface area contributed by atoms with Gasteiger partial charge in [-0.3, -0.25) is 9.47 Å². The van der Waals surface area contributed by atoms with E-state index < -0.39 is 0 Å². The number of rotatable bonds is 5. The van der Waals surface area contributed by atoms with Gasteiger partial charge < -0.3 is 5.32 Å². The number of thiazole rings is 1. The third-order valence-corrected chi connectivity index (χ3v) is 5.26. The van der Waals surface area contributed by atoms with Gasteiger partial charge in [0.2, 0.25) is 0 Å². The molecule has 0 radical (unpaired) electrons. The Labute approximate surface area is 146 Å². The molecule has 1 N–H and O–H groups in total. The number of nitrogens with one attached hydrogen (secondary N) is 1. The van der Waals surface area contributed by atoms with Crippen molar-refractivity contribution in [3.05, 3.63) is 65.9 Å². The fraction of sp³-hybridized carbons (Fsp3) is 0.316. The molecule has 0 unspecified atom stereocenters. The minimum absolute atomic E-state index is 0.518. The van der Waals surface area contributed by atoms with Crippen LogP contribution in [0.25, 0.3) is 5.13 Å². The molecule has 4 nitrogen and oxygen atoms in total. The van der Waals surface area contributed by atoms with Gasteiger partial charge in [-0.05, 0) is 43.7 Å². The van der Waals surface area contributed by atoms with Crippen LogP contribution in [0, 0.1) is 0 Å². The van der Waals surface area contributed by atoms with Gasteiger partial charge in [-0.15, -0.1) is 11.3 Å². The maximum Gasteiger partial charge on any atom is 0.193 e. The zero-order valence-electron chi connectivity index (χ0n) is 13.6. The Morgan fingerprint density at radius 1 is 1.17 bits per heavy atom. The van der Waals surface area contributed by atoms with E-state index in [1.165, 1.54) is 24.2 Å². The Bertz CT molecular complexity index is 751. The third-order valence-electron chi connectivity index (χ3n) is 4.49. The molecule has 0 spiro atoms. The second-order valence-corrected chi connectivity index (χ2v) is 7.14. The Morgan fingerprint density at radius 2 is 2.08 bits per heavy atom. The van der Waals surface area contributed by atoms with E-state index in [2.05, 4.69) is 68.4 Å². The number of aromatic nitrogens is 2. The van der Waals surface area contributed by atoms with Crippen LogP contribution in [0.3, 0.4) is 0 Å². The Balaban J connectivity index is 1.41. The predicted molar refractivity (Wildman–Crippen MR) is 99.8 cm³/mol. The molecule has 1 saturated heterocycles. The molecule has 1 aromatic carbocycles. The summed E-state index contributed by atoms with van der Waals surface area (Å²) < 4.78 is 2.21. The van der Waals surface area contributed by atoms with Crippen LogP contribution in [0.15, 0.2) is 60.2 Å². The number of hydrogen-bond donors (Lipinski definition) is 1. The molecule has 1 atom stereocenters. The summed E-state index contributed by atoms with van der Waals surface area (Å²) in [6.45, 7) is 3.22. The van der Waals surface area contributed by atoms with Gasteiger partial charge in [0.1, 0.15) is 0 Å².